The minimum atomic E-state index is -0.921. The molecule has 3 atom stereocenters. The number of aliphatic hydroxyl groups excluding tert-OH is 1. The zero-order valence-corrected chi connectivity index (χ0v) is 11.7. The Morgan fingerprint density at radius 2 is 2.22 bits per heavy atom. The molecule has 1 unspecified atom stereocenters. The van der Waals surface area contributed by atoms with E-state index < -0.39 is 5.60 Å². The molecule has 0 aromatic carbocycles. The van der Waals surface area contributed by atoms with Crippen molar-refractivity contribution in [2.24, 2.45) is 5.92 Å². The molecule has 4 heteroatoms. The van der Waals surface area contributed by atoms with Crippen molar-refractivity contribution in [2.45, 2.75) is 64.3 Å². The Hall–Kier alpha value is -0.160. The van der Waals surface area contributed by atoms with Crippen LogP contribution in [0.15, 0.2) is 0 Å². The summed E-state index contributed by atoms with van der Waals surface area (Å²) in [5.74, 6) is 0.375. The van der Waals surface area contributed by atoms with E-state index in [1.165, 1.54) is 6.42 Å². The fraction of sp³-hybridized carbons (Fsp3) is 1.00. The molecule has 1 rings (SSSR count). The Balaban J connectivity index is 2.14. The van der Waals surface area contributed by atoms with Gasteiger partial charge in [0.05, 0.1) is 18.8 Å². The number of hydrogen-bond acceptors (Lipinski definition) is 4. The van der Waals surface area contributed by atoms with Gasteiger partial charge in [-0.3, -0.25) is 0 Å². The fourth-order valence-electron chi connectivity index (χ4n) is 2.08. The topological polar surface area (TPSA) is 58.9 Å². The van der Waals surface area contributed by atoms with E-state index in [-0.39, 0.29) is 12.9 Å². The van der Waals surface area contributed by atoms with Crippen LogP contribution in [0.25, 0.3) is 0 Å². The Kier molecular flexibility index (Phi) is 7.15. The lowest BCUT2D eigenvalue weighted by atomic mass is 9.92. The molecule has 1 heterocycles. The van der Waals surface area contributed by atoms with Gasteiger partial charge in [-0.05, 0) is 44.4 Å². The molecule has 1 fully saturated rings. The molecule has 108 valence electrons. The normalized spacial score (nSPS) is 25.7. The van der Waals surface area contributed by atoms with E-state index in [1.807, 2.05) is 6.92 Å². The molecule has 0 aromatic heterocycles. The quantitative estimate of drug-likeness (QED) is 0.701. The third-order valence-electron chi connectivity index (χ3n) is 3.76. The summed E-state index contributed by atoms with van der Waals surface area (Å²) in [7, 11) is 0. The number of ether oxygens (including phenoxy) is 2. The van der Waals surface area contributed by atoms with Crippen LogP contribution in [-0.2, 0) is 9.47 Å². The third-order valence-corrected chi connectivity index (χ3v) is 3.76. The summed E-state index contributed by atoms with van der Waals surface area (Å²) in [6, 6.07) is 0. The molecule has 4 nitrogen and oxygen atoms in total. The van der Waals surface area contributed by atoms with E-state index in [4.69, 9.17) is 14.6 Å². The van der Waals surface area contributed by atoms with Crippen LogP contribution in [0.2, 0.25) is 0 Å². The summed E-state index contributed by atoms with van der Waals surface area (Å²) in [5.41, 5.74) is -0.921. The molecular formula is C14H28O4. The highest BCUT2D eigenvalue weighted by Crippen LogP contribution is 2.21. The van der Waals surface area contributed by atoms with E-state index in [9.17, 15) is 5.11 Å². The monoisotopic (exact) mass is 260 g/mol. The van der Waals surface area contributed by atoms with Gasteiger partial charge < -0.3 is 19.7 Å². The second-order valence-electron chi connectivity index (χ2n) is 5.51. The predicted molar refractivity (Wildman–Crippen MR) is 70.3 cm³/mol. The van der Waals surface area contributed by atoms with Gasteiger partial charge >= 0.3 is 0 Å². The van der Waals surface area contributed by atoms with Gasteiger partial charge in [-0.15, -0.1) is 0 Å². The second kappa shape index (κ2) is 8.10. The lowest BCUT2D eigenvalue weighted by Crippen LogP contribution is -2.33. The molecule has 18 heavy (non-hydrogen) atoms. The van der Waals surface area contributed by atoms with Crippen LogP contribution >= 0.6 is 0 Å². The molecule has 2 N–H and O–H groups in total. The van der Waals surface area contributed by atoms with Crippen LogP contribution in [0, 0.1) is 5.92 Å². The first-order chi connectivity index (χ1) is 8.59. The standard InChI is InChI=1S/C14H28O4/c1-3-14(16,11-15)8-7-12(2)10-18-13-6-4-5-9-17-13/h12-13,15-16H,3-11H2,1-2H3/t12-,13?,14+/m1/s1. The van der Waals surface area contributed by atoms with E-state index in [0.29, 0.717) is 25.4 Å². The maximum absolute atomic E-state index is 9.98. The number of hydrogen-bond donors (Lipinski definition) is 2. The number of aliphatic hydroxyl groups is 2. The summed E-state index contributed by atoms with van der Waals surface area (Å²) >= 11 is 0. The highest BCUT2D eigenvalue weighted by molar-refractivity contribution is 4.76. The molecule has 0 bridgehead atoms. The first kappa shape index (κ1) is 15.9. The summed E-state index contributed by atoms with van der Waals surface area (Å²) in [6.45, 7) is 5.31. The van der Waals surface area contributed by atoms with Gasteiger partial charge in [0.2, 0.25) is 0 Å². The molecule has 0 radical (unpaired) electrons. The summed E-state index contributed by atoms with van der Waals surface area (Å²) in [5, 5.41) is 19.1. The molecule has 0 aromatic rings. The molecule has 0 saturated carbocycles. The van der Waals surface area contributed by atoms with Crippen LogP contribution in [0.5, 0.6) is 0 Å². The fourth-order valence-corrected chi connectivity index (χ4v) is 2.08. The lowest BCUT2D eigenvalue weighted by Gasteiger charge is -2.27. The Morgan fingerprint density at radius 1 is 1.44 bits per heavy atom. The van der Waals surface area contributed by atoms with Crippen molar-refractivity contribution in [1.29, 1.82) is 0 Å². The SMILES string of the molecule is CC[C@@](O)(CO)CC[C@@H](C)COC1CCCCO1. The largest absolute Gasteiger partial charge is 0.393 e. The third kappa shape index (κ3) is 5.65. The highest BCUT2D eigenvalue weighted by atomic mass is 16.7. The second-order valence-corrected chi connectivity index (χ2v) is 5.51. The number of rotatable bonds is 8. The van der Waals surface area contributed by atoms with Gasteiger partial charge in [0.1, 0.15) is 0 Å². The molecular weight excluding hydrogens is 232 g/mol. The lowest BCUT2D eigenvalue weighted by molar-refractivity contribution is -0.169. The van der Waals surface area contributed by atoms with Crippen molar-refractivity contribution in [2.75, 3.05) is 19.8 Å². The van der Waals surface area contributed by atoms with Crippen molar-refractivity contribution in [1.82, 2.24) is 0 Å². The predicted octanol–water partition coefficient (Wildman–Crippen LogP) is 2.08. The van der Waals surface area contributed by atoms with Crippen LogP contribution in [-0.4, -0.2) is 41.9 Å². The van der Waals surface area contributed by atoms with Gasteiger partial charge in [0.25, 0.3) is 0 Å². The van der Waals surface area contributed by atoms with Crippen molar-refractivity contribution in [3.05, 3.63) is 0 Å². The van der Waals surface area contributed by atoms with Gasteiger partial charge in [-0.1, -0.05) is 13.8 Å². The van der Waals surface area contributed by atoms with Crippen molar-refractivity contribution in [3.8, 4) is 0 Å². The smallest absolute Gasteiger partial charge is 0.157 e. The zero-order chi connectivity index (χ0) is 13.4. The van der Waals surface area contributed by atoms with Crippen LogP contribution in [0.3, 0.4) is 0 Å². The Morgan fingerprint density at radius 3 is 2.78 bits per heavy atom. The van der Waals surface area contributed by atoms with Crippen LogP contribution in [0.1, 0.15) is 52.4 Å². The summed E-state index contributed by atoms with van der Waals surface area (Å²) in [4.78, 5) is 0. The average Bonchev–Trinajstić information content (AvgIpc) is 2.43. The maximum Gasteiger partial charge on any atom is 0.157 e. The minimum absolute atomic E-state index is 0.0379. The highest BCUT2D eigenvalue weighted by Gasteiger charge is 2.24. The van der Waals surface area contributed by atoms with E-state index in [1.54, 1.807) is 0 Å². The maximum atomic E-state index is 9.98. The Labute approximate surface area is 110 Å². The average molecular weight is 260 g/mol. The molecule has 0 aliphatic carbocycles. The molecule has 0 spiro atoms. The molecule has 1 saturated heterocycles. The van der Waals surface area contributed by atoms with E-state index in [2.05, 4.69) is 6.92 Å². The van der Waals surface area contributed by atoms with E-state index in [0.717, 1.165) is 25.9 Å². The van der Waals surface area contributed by atoms with Crippen LogP contribution < -0.4 is 0 Å². The Bertz CT molecular complexity index is 210. The molecule has 1 aliphatic heterocycles. The summed E-state index contributed by atoms with van der Waals surface area (Å²) < 4.78 is 11.2. The van der Waals surface area contributed by atoms with Gasteiger partial charge in [0, 0.05) is 6.61 Å². The molecule has 1 aliphatic rings. The van der Waals surface area contributed by atoms with Crippen LogP contribution in [0.4, 0.5) is 0 Å². The van der Waals surface area contributed by atoms with Gasteiger partial charge in [0.15, 0.2) is 6.29 Å². The van der Waals surface area contributed by atoms with Gasteiger partial charge in [-0.25, -0.2) is 0 Å². The first-order valence-corrected chi connectivity index (χ1v) is 7.16. The van der Waals surface area contributed by atoms with Crippen molar-refractivity contribution < 1.29 is 19.7 Å². The van der Waals surface area contributed by atoms with E-state index >= 15 is 0 Å². The minimum Gasteiger partial charge on any atom is -0.393 e. The molecule has 0 amide bonds. The summed E-state index contributed by atoms with van der Waals surface area (Å²) in [6.07, 6.45) is 5.33. The first-order valence-electron chi connectivity index (χ1n) is 7.16. The van der Waals surface area contributed by atoms with Crippen molar-refractivity contribution >= 4 is 0 Å². The van der Waals surface area contributed by atoms with Gasteiger partial charge in [-0.2, -0.15) is 0 Å². The van der Waals surface area contributed by atoms with Crippen molar-refractivity contribution in [3.63, 3.8) is 0 Å². The zero-order valence-electron chi connectivity index (χ0n) is 11.7.